The van der Waals surface area contributed by atoms with Gasteiger partial charge >= 0.3 is 11.9 Å². The normalized spacial score (nSPS) is 10.1. The van der Waals surface area contributed by atoms with Crippen molar-refractivity contribution in [2.75, 3.05) is 25.6 Å². The van der Waals surface area contributed by atoms with Gasteiger partial charge in [0.1, 0.15) is 5.75 Å². The molecule has 7 nitrogen and oxygen atoms in total. The van der Waals surface area contributed by atoms with Gasteiger partial charge in [-0.25, -0.2) is 4.79 Å². The van der Waals surface area contributed by atoms with Gasteiger partial charge in [0.15, 0.2) is 6.61 Å². The van der Waals surface area contributed by atoms with E-state index in [1.807, 2.05) is 31.2 Å². The quantitative estimate of drug-likeness (QED) is 0.703. The van der Waals surface area contributed by atoms with Crippen molar-refractivity contribution in [1.82, 2.24) is 0 Å². The summed E-state index contributed by atoms with van der Waals surface area (Å²) in [4.78, 5) is 35.4. The molecule has 2 aromatic carbocycles. The smallest absolute Gasteiger partial charge is 0.337 e. The van der Waals surface area contributed by atoms with Crippen LogP contribution >= 0.6 is 0 Å². The lowest BCUT2D eigenvalue weighted by Gasteiger charge is -2.11. The van der Waals surface area contributed by atoms with Crippen LogP contribution in [0.3, 0.4) is 0 Å². The number of hydrogen-bond acceptors (Lipinski definition) is 6. The average molecular weight is 385 g/mol. The van der Waals surface area contributed by atoms with Gasteiger partial charge in [0.2, 0.25) is 0 Å². The number of rotatable bonds is 8. The molecule has 148 valence electrons. The van der Waals surface area contributed by atoms with E-state index in [-0.39, 0.29) is 13.0 Å². The van der Waals surface area contributed by atoms with Crippen LogP contribution in [-0.4, -0.2) is 38.2 Å². The van der Waals surface area contributed by atoms with Crippen LogP contribution in [0.1, 0.15) is 27.9 Å². The van der Waals surface area contributed by atoms with Gasteiger partial charge in [-0.2, -0.15) is 0 Å². The van der Waals surface area contributed by atoms with Crippen LogP contribution in [0.15, 0.2) is 42.5 Å². The number of amides is 1. The Bertz CT molecular complexity index is 862. The van der Waals surface area contributed by atoms with Gasteiger partial charge in [0.25, 0.3) is 5.91 Å². The standard InChI is InChI=1S/C21H23NO6/c1-14-8-9-16(21(25)26-3)12-17(14)22-19(23)13-28-20(24)10-11-27-18-7-5-4-6-15(18)2/h4-9,12H,10-11,13H2,1-3H3,(H,22,23). The Hall–Kier alpha value is -3.35. The van der Waals surface area contributed by atoms with Crippen LogP contribution in [0, 0.1) is 13.8 Å². The zero-order valence-corrected chi connectivity index (χ0v) is 16.1. The minimum atomic E-state index is -0.538. The third-order valence-electron chi connectivity index (χ3n) is 3.95. The van der Waals surface area contributed by atoms with Crippen LogP contribution in [0.2, 0.25) is 0 Å². The topological polar surface area (TPSA) is 90.9 Å². The number of carbonyl (C=O) groups is 3. The number of benzene rings is 2. The fourth-order valence-electron chi connectivity index (χ4n) is 2.37. The molecule has 0 saturated carbocycles. The van der Waals surface area contributed by atoms with Crippen molar-refractivity contribution in [2.24, 2.45) is 0 Å². The molecule has 0 radical (unpaired) electrons. The van der Waals surface area contributed by atoms with Crippen LogP contribution in [0.4, 0.5) is 5.69 Å². The highest BCUT2D eigenvalue weighted by molar-refractivity contribution is 5.96. The summed E-state index contributed by atoms with van der Waals surface area (Å²) >= 11 is 0. The van der Waals surface area contributed by atoms with E-state index in [2.05, 4.69) is 10.1 Å². The number of carbonyl (C=O) groups excluding carboxylic acids is 3. The number of aryl methyl sites for hydroxylation is 2. The van der Waals surface area contributed by atoms with Crippen LogP contribution in [0.5, 0.6) is 5.75 Å². The molecular formula is C21H23NO6. The second kappa shape index (κ2) is 10.1. The molecule has 0 saturated heterocycles. The molecule has 0 bridgehead atoms. The highest BCUT2D eigenvalue weighted by atomic mass is 16.5. The Kier molecular flexibility index (Phi) is 7.56. The van der Waals surface area contributed by atoms with E-state index in [0.717, 1.165) is 11.1 Å². The molecule has 0 aromatic heterocycles. The number of anilines is 1. The largest absolute Gasteiger partial charge is 0.493 e. The zero-order valence-electron chi connectivity index (χ0n) is 16.1. The Morgan fingerprint density at radius 3 is 2.46 bits per heavy atom. The summed E-state index contributed by atoms with van der Waals surface area (Å²) in [6.07, 6.45) is 0.0263. The average Bonchev–Trinajstić information content (AvgIpc) is 2.69. The first-order valence-corrected chi connectivity index (χ1v) is 8.73. The molecule has 0 atom stereocenters. The second-order valence-corrected chi connectivity index (χ2v) is 6.09. The maximum Gasteiger partial charge on any atom is 0.337 e. The van der Waals surface area contributed by atoms with Gasteiger partial charge in [-0.1, -0.05) is 24.3 Å². The van der Waals surface area contributed by atoms with E-state index in [9.17, 15) is 14.4 Å². The van der Waals surface area contributed by atoms with Gasteiger partial charge in [-0.3, -0.25) is 9.59 Å². The van der Waals surface area contributed by atoms with Crippen molar-refractivity contribution in [2.45, 2.75) is 20.3 Å². The lowest BCUT2D eigenvalue weighted by atomic mass is 10.1. The molecule has 1 N–H and O–H groups in total. The van der Waals surface area contributed by atoms with E-state index in [1.165, 1.54) is 13.2 Å². The highest BCUT2D eigenvalue weighted by Crippen LogP contribution is 2.18. The monoisotopic (exact) mass is 385 g/mol. The fourth-order valence-corrected chi connectivity index (χ4v) is 2.37. The lowest BCUT2D eigenvalue weighted by Crippen LogP contribution is -2.22. The number of methoxy groups -OCH3 is 1. The molecule has 1 amide bonds. The summed E-state index contributed by atoms with van der Waals surface area (Å²) in [5.41, 5.74) is 2.50. The van der Waals surface area contributed by atoms with E-state index < -0.39 is 24.5 Å². The number of nitrogens with one attached hydrogen (secondary N) is 1. The van der Waals surface area contributed by atoms with E-state index in [0.29, 0.717) is 17.0 Å². The predicted octanol–water partition coefficient (Wildman–Crippen LogP) is 3.04. The number of esters is 2. The van der Waals surface area contributed by atoms with Crippen molar-refractivity contribution in [3.63, 3.8) is 0 Å². The summed E-state index contributed by atoms with van der Waals surface area (Å²) < 4.78 is 15.1. The van der Waals surface area contributed by atoms with Gasteiger partial charge in [-0.15, -0.1) is 0 Å². The number of ether oxygens (including phenoxy) is 3. The van der Waals surface area contributed by atoms with Crippen molar-refractivity contribution < 1.29 is 28.6 Å². The molecular weight excluding hydrogens is 362 g/mol. The fraction of sp³-hybridized carbons (Fsp3) is 0.286. The summed E-state index contributed by atoms with van der Waals surface area (Å²) in [5, 5.41) is 2.62. The van der Waals surface area contributed by atoms with Crippen molar-refractivity contribution >= 4 is 23.5 Å². The Morgan fingerprint density at radius 1 is 1.00 bits per heavy atom. The molecule has 0 heterocycles. The predicted molar refractivity (Wildman–Crippen MR) is 103 cm³/mol. The van der Waals surface area contributed by atoms with E-state index in [4.69, 9.17) is 9.47 Å². The molecule has 0 spiro atoms. The minimum absolute atomic E-state index is 0.0263. The molecule has 28 heavy (non-hydrogen) atoms. The molecule has 0 aliphatic carbocycles. The summed E-state index contributed by atoms with van der Waals surface area (Å²) in [6, 6.07) is 12.3. The number of hydrogen-bond donors (Lipinski definition) is 1. The van der Waals surface area contributed by atoms with E-state index in [1.54, 1.807) is 19.1 Å². The first-order valence-electron chi connectivity index (χ1n) is 8.73. The molecule has 0 unspecified atom stereocenters. The van der Waals surface area contributed by atoms with Gasteiger partial charge in [-0.05, 0) is 43.2 Å². The van der Waals surface area contributed by atoms with E-state index >= 15 is 0 Å². The lowest BCUT2D eigenvalue weighted by molar-refractivity contribution is -0.147. The van der Waals surface area contributed by atoms with Crippen LogP contribution in [0.25, 0.3) is 0 Å². The summed E-state index contributed by atoms with van der Waals surface area (Å²) in [6.45, 7) is 3.43. The molecule has 7 heteroatoms. The second-order valence-electron chi connectivity index (χ2n) is 6.09. The SMILES string of the molecule is COC(=O)c1ccc(C)c(NC(=O)COC(=O)CCOc2ccccc2C)c1. The Balaban J connectivity index is 1.78. The van der Waals surface area contributed by atoms with Crippen molar-refractivity contribution in [3.8, 4) is 5.75 Å². The highest BCUT2D eigenvalue weighted by Gasteiger charge is 2.12. The van der Waals surface area contributed by atoms with Crippen LogP contribution in [-0.2, 0) is 19.1 Å². The zero-order chi connectivity index (χ0) is 20.5. The molecule has 0 aliphatic heterocycles. The molecule has 0 aliphatic rings. The number of para-hydroxylation sites is 1. The van der Waals surface area contributed by atoms with Gasteiger partial charge < -0.3 is 19.5 Å². The molecule has 2 rings (SSSR count). The minimum Gasteiger partial charge on any atom is -0.493 e. The first-order chi connectivity index (χ1) is 13.4. The third kappa shape index (κ3) is 6.12. The Morgan fingerprint density at radius 2 is 1.75 bits per heavy atom. The Labute approximate surface area is 163 Å². The van der Waals surface area contributed by atoms with Crippen molar-refractivity contribution in [3.05, 3.63) is 59.2 Å². The molecule has 2 aromatic rings. The third-order valence-corrected chi connectivity index (χ3v) is 3.95. The summed E-state index contributed by atoms with van der Waals surface area (Å²) in [5.74, 6) is -0.841. The first kappa shape index (κ1) is 21.0. The van der Waals surface area contributed by atoms with Crippen LogP contribution < -0.4 is 10.1 Å². The molecule has 0 fully saturated rings. The van der Waals surface area contributed by atoms with Crippen molar-refractivity contribution in [1.29, 1.82) is 0 Å². The van der Waals surface area contributed by atoms with Gasteiger partial charge in [0, 0.05) is 5.69 Å². The summed E-state index contributed by atoms with van der Waals surface area (Å²) in [7, 11) is 1.28. The maximum atomic E-state index is 12.0. The maximum absolute atomic E-state index is 12.0. The van der Waals surface area contributed by atoms with Gasteiger partial charge in [0.05, 0.1) is 25.7 Å².